The fourth-order valence-corrected chi connectivity index (χ4v) is 3.18. The summed E-state index contributed by atoms with van der Waals surface area (Å²) in [4.78, 5) is 37.2. The molecule has 2 amide bonds. The number of carbonyl (C=O) groups excluding carboxylic acids is 2. The lowest BCUT2D eigenvalue weighted by Crippen LogP contribution is -2.24. The number of nitrogens with two attached hydrogens (primary N) is 1. The first-order valence-corrected chi connectivity index (χ1v) is 9.61. The summed E-state index contributed by atoms with van der Waals surface area (Å²) in [5, 5.41) is 6.43. The summed E-state index contributed by atoms with van der Waals surface area (Å²) >= 11 is 0. The van der Waals surface area contributed by atoms with Crippen molar-refractivity contribution < 1.29 is 9.59 Å². The van der Waals surface area contributed by atoms with Crippen LogP contribution in [-0.4, -0.2) is 26.8 Å². The van der Waals surface area contributed by atoms with Gasteiger partial charge in [-0.3, -0.25) is 19.6 Å². The Morgan fingerprint density at radius 1 is 1.03 bits per heavy atom. The van der Waals surface area contributed by atoms with Crippen LogP contribution in [0, 0.1) is 6.92 Å². The van der Waals surface area contributed by atoms with Gasteiger partial charge in [-0.25, -0.2) is 4.98 Å². The fourth-order valence-electron chi connectivity index (χ4n) is 3.18. The summed E-state index contributed by atoms with van der Waals surface area (Å²) in [6, 6.07) is 14.3. The molecule has 2 heterocycles. The topological polar surface area (TPSA) is 123 Å². The summed E-state index contributed by atoms with van der Waals surface area (Å²) in [5.41, 5.74) is 10.4. The van der Waals surface area contributed by atoms with E-state index in [-0.39, 0.29) is 24.1 Å². The first-order valence-electron chi connectivity index (χ1n) is 9.61. The first kappa shape index (κ1) is 20.0. The number of aryl methyl sites for hydroxylation is 1. The SMILES string of the molecule is Cc1cc(N)c2cc(NC(=O)c3cccc(CNC(=O)c4cnccn4)c3)ccc2n1. The van der Waals surface area contributed by atoms with Crippen LogP contribution < -0.4 is 16.4 Å². The standard InChI is InChI=1S/C23H20N6O2/c1-14-9-19(24)18-11-17(5-6-20(18)28-14)29-22(30)16-4-2-3-15(10-16)12-27-23(31)21-13-25-7-8-26-21/h2-11,13H,12H2,1H3,(H2,24,28)(H,27,31)(H,29,30). The lowest BCUT2D eigenvalue weighted by molar-refractivity contribution is 0.0945. The predicted molar refractivity (Wildman–Crippen MR) is 118 cm³/mol. The van der Waals surface area contributed by atoms with Crippen LogP contribution in [-0.2, 0) is 6.54 Å². The first-order chi connectivity index (χ1) is 15.0. The molecule has 0 spiro atoms. The Bertz CT molecular complexity index is 1270. The molecule has 31 heavy (non-hydrogen) atoms. The van der Waals surface area contributed by atoms with Crippen LogP contribution >= 0.6 is 0 Å². The number of hydrogen-bond donors (Lipinski definition) is 3. The highest BCUT2D eigenvalue weighted by atomic mass is 16.2. The Kier molecular flexibility index (Phi) is 5.53. The van der Waals surface area contributed by atoms with Crippen LogP contribution in [0.15, 0.2) is 67.1 Å². The third-order valence-electron chi connectivity index (χ3n) is 4.66. The molecule has 0 atom stereocenters. The number of nitrogen functional groups attached to an aromatic ring is 1. The van der Waals surface area contributed by atoms with Gasteiger partial charge in [-0.1, -0.05) is 12.1 Å². The number of benzene rings is 2. The molecule has 0 aliphatic heterocycles. The van der Waals surface area contributed by atoms with Gasteiger partial charge >= 0.3 is 0 Å². The minimum Gasteiger partial charge on any atom is -0.398 e. The maximum Gasteiger partial charge on any atom is 0.271 e. The van der Waals surface area contributed by atoms with E-state index in [1.807, 2.05) is 19.1 Å². The average Bonchev–Trinajstić information content (AvgIpc) is 2.78. The van der Waals surface area contributed by atoms with E-state index in [1.54, 1.807) is 36.4 Å². The van der Waals surface area contributed by atoms with E-state index in [9.17, 15) is 9.59 Å². The second-order valence-electron chi connectivity index (χ2n) is 7.01. The number of pyridine rings is 1. The lowest BCUT2D eigenvalue weighted by atomic mass is 10.1. The van der Waals surface area contributed by atoms with Gasteiger partial charge in [0.1, 0.15) is 5.69 Å². The molecule has 0 bridgehead atoms. The van der Waals surface area contributed by atoms with Crippen molar-refractivity contribution in [2.24, 2.45) is 0 Å². The van der Waals surface area contributed by atoms with Crippen LogP contribution in [0.1, 0.15) is 32.1 Å². The molecule has 0 aliphatic rings. The molecule has 0 unspecified atom stereocenters. The highest BCUT2D eigenvalue weighted by Crippen LogP contribution is 2.24. The number of hydrogen-bond acceptors (Lipinski definition) is 6. The summed E-state index contributed by atoms with van der Waals surface area (Å²) in [7, 11) is 0. The molecule has 0 fully saturated rings. The smallest absolute Gasteiger partial charge is 0.271 e. The molecule has 0 saturated heterocycles. The van der Waals surface area contributed by atoms with Crippen molar-refractivity contribution in [1.29, 1.82) is 0 Å². The molecule has 4 aromatic rings. The van der Waals surface area contributed by atoms with Crippen LogP contribution in [0.25, 0.3) is 10.9 Å². The molecule has 0 saturated carbocycles. The van der Waals surface area contributed by atoms with E-state index in [1.165, 1.54) is 18.6 Å². The molecule has 0 aliphatic carbocycles. The summed E-state index contributed by atoms with van der Waals surface area (Å²) in [6.07, 6.45) is 4.35. The van der Waals surface area contributed by atoms with E-state index < -0.39 is 0 Å². The molecule has 0 radical (unpaired) electrons. The van der Waals surface area contributed by atoms with Crippen LogP contribution in [0.3, 0.4) is 0 Å². The molecule has 2 aromatic heterocycles. The van der Waals surface area contributed by atoms with Gasteiger partial charge in [-0.05, 0) is 48.9 Å². The van der Waals surface area contributed by atoms with Gasteiger partial charge in [0.2, 0.25) is 0 Å². The monoisotopic (exact) mass is 412 g/mol. The summed E-state index contributed by atoms with van der Waals surface area (Å²) < 4.78 is 0. The molecule has 154 valence electrons. The normalized spacial score (nSPS) is 10.6. The molecule has 4 N–H and O–H groups in total. The maximum absolute atomic E-state index is 12.7. The predicted octanol–water partition coefficient (Wildman–Crippen LogP) is 3.10. The zero-order valence-corrected chi connectivity index (χ0v) is 16.8. The molecule has 8 heteroatoms. The molecule has 4 rings (SSSR count). The number of nitrogens with one attached hydrogen (secondary N) is 2. The van der Waals surface area contributed by atoms with Crippen molar-refractivity contribution in [1.82, 2.24) is 20.3 Å². The lowest BCUT2D eigenvalue weighted by Gasteiger charge is -2.10. The van der Waals surface area contributed by atoms with Crippen LogP contribution in [0.2, 0.25) is 0 Å². The highest BCUT2D eigenvalue weighted by Gasteiger charge is 2.10. The fraction of sp³-hybridized carbons (Fsp3) is 0.0870. The quantitative estimate of drug-likeness (QED) is 0.463. The minimum absolute atomic E-state index is 0.233. The van der Waals surface area contributed by atoms with Gasteiger partial charge in [-0.15, -0.1) is 0 Å². The molecule has 2 aromatic carbocycles. The number of rotatable bonds is 5. The van der Waals surface area contributed by atoms with E-state index in [4.69, 9.17) is 5.73 Å². The Labute approximate surface area is 178 Å². The Morgan fingerprint density at radius 3 is 2.71 bits per heavy atom. The van der Waals surface area contributed by atoms with Gasteiger partial charge in [0.25, 0.3) is 11.8 Å². The second-order valence-corrected chi connectivity index (χ2v) is 7.01. The van der Waals surface area contributed by atoms with E-state index in [0.717, 1.165) is 22.2 Å². The number of amides is 2. The molecular weight excluding hydrogens is 392 g/mol. The molecular formula is C23H20N6O2. The zero-order chi connectivity index (χ0) is 21.8. The van der Waals surface area contributed by atoms with Crippen molar-refractivity contribution in [2.75, 3.05) is 11.1 Å². The van der Waals surface area contributed by atoms with Crippen molar-refractivity contribution in [3.63, 3.8) is 0 Å². The maximum atomic E-state index is 12.7. The van der Waals surface area contributed by atoms with Crippen molar-refractivity contribution >= 4 is 34.1 Å². The van der Waals surface area contributed by atoms with Crippen LogP contribution in [0.5, 0.6) is 0 Å². The minimum atomic E-state index is -0.333. The van der Waals surface area contributed by atoms with Crippen molar-refractivity contribution in [3.05, 3.63) is 89.6 Å². The van der Waals surface area contributed by atoms with E-state index in [2.05, 4.69) is 25.6 Å². The Hall–Kier alpha value is -4.33. The van der Waals surface area contributed by atoms with Gasteiger partial charge in [0.05, 0.1) is 11.7 Å². The van der Waals surface area contributed by atoms with Crippen molar-refractivity contribution in [2.45, 2.75) is 13.5 Å². The van der Waals surface area contributed by atoms with Gasteiger partial charge < -0.3 is 16.4 Å². The number of aromatic nitrogens is 3. The third kappa shape index (κ3) is 4.64. The largest absolute Gasteiger partial charge is 0.398 e. The number of fused-ring (bicyclic) bond motifs is 1. The number of anilines is 2. The number of nitrogens with zero attached hydrogens (tertiary/aromatic N) is 3. The van der Waals surface area contributed by atoms with Gasteiger partial charge in [0, 0.05) is 47.0 Å². The third-order valence-corrected chi connectivity index (χ3v) is 4.66. The summed E-state index contributed by atoms with van der Waals surface area (Å²) in [5.74, 6) is -0.597. The Morgan fingerprint density at radius 2 is 1.90 bits per heavy atom. The second kappa shape index (κ2) is 8.58. The van der Waals surface area contributed by atoms with Crippen LogP contribution in [0.4, 0.5) is 11.4 Å². The number of carbonyl (C=O) groups is 2. The van der Waals surface area contributed by atoms with Gasteiger partial charge in [-0.2, -0.15) is 0 Å². The Balaban J connectivity index is 1.46. The average molecular weight is 412 g/mol. The summed E-state index contributed by atoms with van der Waals surface area (Å²) in [6.45, 7) is 2.14. The molecule has 8 nitrogen and oxygen atoms in total. The highest BCUT2D eigenvalue weighted by molar-refractivity contribution is 6.05. The van der Waals surface area contributed by atoms with Gasteiger partial charge in [0.15, 0.2) is 0 Å². The van der Waals surface area contributed by atoms with E-state index in [0.29, 0.717) is 16.9 Å². The van der Waals surface area contributed by atoms with Crippen molar-refractivity contribution in [3.8, 4) is 0 Å². The zero-order valence-electron chi connectivity index (χ0n) is 16.8. The van der Waals surface area contributed by atoms with E-state index >= 15 is 0 Å².